The zero-order chi connectivity index (χ0) is 28.2. The van der Waals surface area contributed by atoms with Crippen LogP contribution in [0.25, 0.3) is 0 Å². The summed E-state index contributed by atoms with van der Waals surface area (Å²) in [4.78, 5) is 52.6. The average Bonchev–Trinajstić information content (AvgIpc) is 2.86. The van der Waals surface area contributed by atoms with Crippen molar-refractivity contribution in [3.05, 3.63) is 23.8 Å². The highest BCUT2D eigenvalue weighted by Gasteiger charge is 2.30. The number of rotatable bonds is 15. The average molecular weight is 552 g/mol. The molecular formula is C27H41N3O7S. The molecule has 1 heterocycles. The predicted octanol–water partition coefficient (Wildman–Crippen LogP) is 1.99. The Hall–Kier alpha value is -2.79. The van der Waals surface area contributed by atoms with E-state index in [-0.39, 0.29) is 23.9 Å². The summed E-state index contributed by atoms with van der Waals surface area (Å²) in [6, 6.07) is 2.98. The van der Waals surface area contributed by atoms with E-state index in [0.717, 1.165) is 31.7 Å². The normalized spacial score (nSPS) is 17.4. The summed E-state index contributed by atoms with van der Waals surface area (Å²) in [5, 5.41) is 14.7. The Bertz CT molecular complexity index is 972. The topological polar surface area (TPSA) is 134 Å². The number of nitrogens with one attached hydrogen (secondary N) is 2. The molecule has 1 aromatic rings. The Morgan fingerprint density at radius 3 is 2.50 bits per heavy atom. The zero-order valence-electron chi connectivity index (χ0n) is 23.0. The Kier molecular flexibility index (Phi) is 12.9. The van der Waals surface area contributed by atoms with Crippen LogP contribution in [0.15, 0.2) is 18.2 Å². The number of likely N-dealkylation sites (tertiary alicyclic amines) is 1. The third kappa shape index (κ3) is 10.2. The van der Waals surface area contributed by atoms with Gasteiger partial charge in [-0.3, -0.25) is 19.2 Å². The highest BCUT2D eigenvalue weighted by atomic mass is 32.2. The number of amides is 2. The summed E-state index contributed by atoms with van der Waals surface area (Å²) < 4.78 is 10.5. The number of carbonyl (C=O) groups is 4. The van der Waals surface area contributed by atoms with Crippen molar-refractivity contribution in [1.82, 2.24) is 15.5 Å². The van der Waals surface area contributed by atoms with E-state index in [1.54, 1.807) is 32.0 Å². The van der Waals surface area contributed by atoms with E-state index in [1.807, 2.05) is 0 Å². The first-order chi connectivity index (χ1) is 18.0. The number of carboxylic acids is 1. The van der Waals surface area contributed by atoms with E-state index in [2.05, 4.69) is 22.6 Å². The number of piperidine rings is 1. The van der Waals surface area contributed by atoms with E-state index in [1.165, 1.54) is 26.0 Å². The van der Waals surface area contributed by atoms with Crippen LogP contribution in [0.4, 0.5) is 0 Å². The minimum atomic E-state index is -1.18. The number of hydrogen-bond donors (Lipinski definition) is 3. The fourth-order valence-corrected chi connectivity index (χ4v) is 5.60. The van der Waals surface area contributed by atoms with Crippen molar-refractivity contribution < 1.29 is 33.8 Å². The van der Waals surface area contributed by atoms with Crippen molar-refractivity contribution in [3.63, 3.8) is 0 Å². The SMILES string of the molecule is COc1ccc(OC)c(CC(=O)N[C@H](C(=O)N[C@@H](CC(=O)O)C(=O)CSCC2CCCN(C)C2)C(C)C)c1. The van der Waals surface area contributed by atoms with Gasteiger partial charge in [0.2, 0.25) is 11.8 Å². The molecular weight excluding hydrogens is 510 g/mol. The summed E-state index contributed by atoms with van der Waals surface area (Å²) in [5.74, 6) is -0.348. The van der Waals surface area contributed by atoms with Crippen molar-refractivity contribution in [1.29, 1.82) is 0 Å². The second-order valence-electron chi connectivity index (χ2n) is 10.1. The van der Waals surface area contributed by atoms with E-state index >= 15 is 0 Å². The summed E-state index contributed by atoms with van der Waals surface area (Å²) in [5.41, 5.74) is 0.590. The third-order valence-corrected chi connectivity index (χ3v) is 7.70. The molecule has 0 aliphatic carbocycles. The zero-order valence-corrected chi connectivity index (χ0v) is 23.8. The molecule has 1 unspecified atom stereocenters. The molecule has 0 spiro atoms. The number of thioether (sulfide) groups is 1. The van der Waals surface area contributed by atoms with Gasteiger partial charge < -0.3 is 30.1 Å². The number of methoxy groups -OCH3 is 2. The molecule has 212 valence electrons. The monoisotopic (exact) mass is 551 g/mol. The van der Waals surface area contributed by atoms with Gasteiger partial charge in [0.15, 0.2) is 5.78 Å². The van der Waals surface area contributed by atoms with Gasteiger partial charge in [-0.05, 0) is 62.2 Å². The highest BCUT2D eigenvalue weighted by Crippen LogP contribution is 2.24. The summed E-state index contributed by atoms with van der Waals surface area (Å²) >= 11 is 1.47. The van der Waals surface area contributed by atoms with E-state index < -0.39 is 36.3 Å². The van der Waals surface area contributed by atoms with Crippen LogP contribution in [0.3, 0.4) is 0 Å². The molecule has 38 heavy (non-hydrogen) atoms. The van der Waals surface area contributed by atoms with Crippen LogP contribution in [0.1, 0.15) is 38.7 Å². The fraction of sp³-hybridized carbons (Fsp3) is 0.630. The van der Waals surface area contributed by atoms with Crippen LogP contribution in [-0.2, 0) is 25.6 Å². The summed E-state index contributed by atoms with van der Waals surface area (Å²) in [6.07, 6.45) is 1.66. The van der Waals surface area contributed by atoms with Gasteiger partial charge in [0.25, 0.3) is 0 Å². The van der Waals surface area contributed by atoms with Crippen LogP contribution in [0, 0.1) is 11.8 Å². The van der Waals surface area contributed by atoms with Gasteiger partial charge in [0.05, 0.1) is 38.9 Å². The van der Waals surface area contributed by atoms with Gasteiger partial charge >= 0.3 is 5.97 Å². The molecule has 0 radical (unpaired) electrons. The first-order valence-corrected chi connectivity index (χ1v) is 14.0. The number of ketones is 1. The van der Waals surface area contributed by atoms with Crippen LogP contribution in [0.2, 0.25) is 0 Å². The van der Waals surface area contributed by atoms with Crippen LogP contribution < -0.4 is 20.1 Å². The molecule has 0 aromatic heterocycles. The standard InChI is InChI=1S/C27H41N3O7S/c1-17(2)26(29-24(32)12-19-11-20(36-4)8-9-23(19)37-5)27(35)28-21(13-25(33)34)22(31)16-38-15-18-7-6-10-30(3)14-18/h8-9,11,17-18,21,26H,6-7,10,12-16H2,1-5H3,(H,28,35)(H,29,32)(H,33,34)/t18?,21-,26-/m0/s1. The minimum absolute atomic E-state index is 0.0542. The molecule has 3 N–H and O–H groups in total. The molecule has 2 amide bonds. The quantitative estimate of drug-likeness (QED) is 0.299. The van der Waals surface area contributed by atoms with Crippen LogP contribution in [-0.4, -0.2) is 91.5 Å². The van der Waals surface area contributed by atoms with Crippen molar-refractivity contribution >= 4 is 35.3 Å². The smallest absolute Gasteiger partial charge is 0.305 e. The van der Waals surface area contributed by atoms with Crippen molar-refractivity contribution in [2.75, 3.05) is 45.9 Å². The molecule has 1 aliphatic rings. The van der Waals surface area contributed by atoms with E-state index in [4.69, 9.17) is 9.47 Å². The van der Waals surface area contributed by atoms with Crippen molar-refractivity contribution in [2.24, 2.45) is 11.8 Å². The maximum absolute atomic E-state index is 13.1. The Labute approximate surface area is 229 Å². The van der Waals surface area contributed by atoms with Gasteiger partial charge in [-0.25, -0.2) is 0 Å². The maximum atomic E-state index is 13.1. The lowest BCUT2D eigenvalue weighted by Crippen LogP contribution is -2.54. The lowest BCUT2D eigenvalue weighted by atomic mass is 10.0. The lowest BCUT2D eigenvalue weighted by Gasteiger charge is -2.29. The maximum Gasteiger partial charge on any atom is 0.305 e. The van der Waals surface area contributed by atoms with Crippen molar-refractivity contribution in [3.8, 4) is 11.5 Å². The fourth-order valence-electron chi connectivity index (χ4n) is 4.47. The largest absolute Gasteiger partial charge is 0.497 e. The molecule has 2 rings (SSSR count). The second-order valence-corrected chi connectivity index (χ2v) is 11.1. The Morgan fingerprint density at radius 1 is 1.16 bits per heavy atom. The number of aliphatic carboxylic acids is 1. The molecule has 1 aliphatic heterocycles. The molecule has 0 saturated carbocycles. The van der Waals surface area contributed by atoms with Gasteiger partial charge in [-0.2, -0.15) is 11.8 Å². The lowest BCUT2D eigenvalue weighted by molar-refractivity contribution is -0.140. The third-order valence-electron chi connectivity index (χ3n) is 6.51. The molecule has 1 aromatic carbocycles. The Balaban J connectivity index is 2.00. The number of hydrogen-bond acceptors (Lipinski definition) is 8. The number of carboxylic acid groups (broad SMARTS) is 1. The van der Waals surface area contributed by atoms with Gasteiger partial charge in [-0.15, -0.1) is 0 Å². The van der Waals surface area contributed by atoms with Crippen LogP contribution >= 0.6 is 11.8 Å². The number of Topliss-reactive ketones (excluding diaryl/α,β-unsaturated/α-hetero) is 1. The number of ether oxygens (including phenoxy) is 2. The van der Waals surface area contributed by atoms with Gasteiger partial charge in [-0.1, -0.05) is 13.8 Å². The van der Waals surface area contributed by atoms with E-state index in [0.29, 0.717) is 23.0 Å². The molecule has 1 fully saturated rings. The summed E-state index contributed by atoms with van der Waals surface area (Å²) in [6.45, 7) is 5.59. The number of carbonyl (C=O) groups excluding carboxylic acids is 3. The first kappa shape index (κ1) is 31.4. The molecule has 10 nitrogen and oxygen atoms in total. The van der Waals surface area contributed by atoms with Gasteiger partial charge in [0, 0.05) is 12.1 Å². The molecule has 3 atom stereocenters. The predicted molar refractivity (Wildman–Crippen MR) is 147 cm³/mol. The first-order valence-electron chi connectivity index (χ1n) is 12.8. The van der Waals surface area contributed by atoms with Crippen molar-refractivity contribution in [2.45, 2.75) is 51.6 Å². The molecule has 0 bridgehead atoms. The second kappa shape index (κ2) is 15.6. The Morgan fingerprint density at radius 2 is 1.89 bits per heavy atom. The number of nitrogens with zero attached hydrogens (tertiary/aromatic N) is 1. The van der Waals surface area contributed by atoms with E-state index in [9.17, 15) is 24.3 Å². The number of benzene rings is 1. The van der Waals surface area contributed by atoms with Gasteiger partial charge in [0.1, 0.15) is 17.5 Å². The highest BCUT2D eigenvalue weighted by molar-refractivity contribution is 7.99. The minimum Gasteiger partial charge on any atom is -0.497 e. The van der Waals surface area contributed by atoms with Crippen LogP contribution in [0.5, 0.6) is 11.5 Å². The molecule has 1 saturated heterocycles. The summed E-state index contributed by atoms with van der Waals surface area (Å²) in [7, 11) is 5.10. The molecule has 11 heteroatoms.